The average Bonchev–Trinajstić information content (AvgIpc) is 2.18. The first-order chi connectivity index (χ1) is 7.00. The standard InChI is InChI=1S/C14H21N/c1-10(2)9-15-13(5)14-7-6-11(3)12(4)8-14/h6-8,13,15H,1,9H2,2-5H3/t13-/m0/s1. The highest BCUT2D eigenvalue weighted by Gasteiger charge is 2.05. The van der Waals surface area contributed by atoms with Gasteiger partial charge in [0.15, 0.2) is 0 Å². The summed E-state index contributed by atoms with van der Waals surface area (Å²) in [5.74, 6) is 0. The Labute approximate surface area is 93.2 Å². The minimum atomic E-state index is 0.390. The van der Waals surface area contributed by atoms with Gasteiger partial charge in [-0.25, -0.2) is 0 Å². The van der Waals surface area contributed by atoms with E-state index in [1.165, 1.54) is 22.3 Å². The molecule has 0 heterocycles. The third kappa shape index (κ3) is 3.52. The van der Waals surface area contributed by atoms with E-state index in [0.717, 1.165) is 6.54 Å². The first-order valence-corrected chi connectivity index (χ1v) is 5.45. The smallest absolute Gasteiger partial charge is 0.0294 e. The summed E-state index contributed by atoms with van der Waals surface area (Å²) < 4.78 is 0. The SMILES string of the molecule is C=C(C)CN[C@@H](C)c1ccc(C)c(C)c1. The number of benzene rings is 1. The highest BCUT2D eigenvalue weighted by Crippen LogP contribution is 2.16. The summed E-state index contributed by atoms with van der Waals surface area (Å²) in [6.07, 6.45) is 0. The third-order valence-corrected chi connectivity index (χ3v) is 2.74. The van der Waals surface area contributed by atoms with Crippen LogP contribution in [-0.2, 0) is 0 Å². The summed E-state index contributed by atoms with van der Waals surface area (Å²) in [5, 5.41) is 3.45. The number of rotatable bonds is 4. The van der Waals surface area contributed by atoms with Crippen LogP contribution in [-0.4, -0.2) is 6.54 Å². The molecule has 0 saturated heterocycles. The second-order valence-electron chi connectivity index (χ2n) is 4.40. The molecule has 15 heavy (non-hydrogen) atoms. The molecule has 1 N–H and O–H groups in total. The zero-order valence-corrected chi connectivity index (χ0v) is 10.2. The van der Waals surface area contributed by atoms with E-state index in [2.05, 4.69) is 50.9 Å². The van der Waals surface area contributed by atoms with Crippen LogP contribution >= 0.6 is 0 Å². The van der Waals surface area contributed by atoms with E-state index in [4.69, 9.17) is 0 Å². The number of aryl methyl sites for hydroxylation is 2. The van der Waals surface area contributed by atoms with E-state index in [1.807, 2.05) is 6.92 Å². The third-order valence-electron chi connectivity index (χ3n) is 2.74. The Bertz CT molecular complexity index is 352. The highest BCUT2D eigenvalue weighted by molar-refractivity contribution is 5.31. The molecule has 1 aromatic carbocycles. The van der Waals surface area contributed by atoms with Crippen molar-refractivity contribution in [2.24, 2.45) is 0 Å². The van der Waals surface area contributed by atoms with Crippen molar-refractivity contribution in [3.8, 4) is 0 Å². The molecule has 0 spiro atoms. The molecule has 0 fully saturated rings. The lowest BCUT2D eigenvalue weighted by atomic mass is 10.0. The van der Waals surface area contributed by atoms with Gasteiger partial charge in [-0.05, 0) is 44.4 Å². The molecule has 0 unspecified atom stereocenters. The summed E-state index contributed by atoms with van der Waals surface area (Å²) in [6, 6.07) is 7.02. The lowest BCUT2D eigenvalue weighted by Crippen LogP contribution is -2.20. The van der Waals surface area contributed by atoms with Crippen molar-refractivity contribution in [1.82, 2.24) is 5.32 Å². The number of hydrogen-bond acceptors (Lipinski definition) is 1. The van der Waals surface area contributed by atoms with Gasteiger partial charge in [-0.2, -0.15) is 0 Å². The number of hydrogen-bond donors (Lipinski definition) is 1. The molecule has 1 nitrogen and oxygen atoms in total. The molecular formula is C14H21N. The maximum atomic E-state index is 3.89. The van der Waals surface area contributed by atoms with Crippen LogP contribution in [0.3, 0.4) is 0 Å². The summed E-state index contributed by atoms with van der Waals surface area (Å²) in [4.78, 5) is 0. The summed E-state index contributed by atoms with van der Waals surface area (Å²) in [5.41, 5.74) is 5.23. The van der Waals surface area contributed by atoms with Crippen molar-refractivity contribution in [1.29, 1.82) is 0 Å². The van der Waals surface area contributed by atoms with Gasteiger partial charge in [0.1, 0.15) is 0 Å². The first-order valence-electron chi connectivity index (χ1n) is 5.45. The predicted octanol–water partition coefficient (Wildman–Crippen LogP) is 3.53. The van der Waals surface area contributed by atoms with E-state index < -0.39 is 0 Å². The summed E-state index contributed by atoms with van der Waals surface area (Å²) >= 11 is 0. The lowest BCUT2D eigenvalue weighted by molar-refractivity contribution is 0.607. The molecule has 0 amide bonds. The van der Waals surface area contributed by atoms with E-state index in [1.54, 1.807) is 0 Å². The first kappa shape index (κ1) is 12.0. The van der Waals surface area contributed by atoms with Gasteiger partial charge in [-0.3, -0.25) is 0 Å². The molecule has 0 radical (unpaired) electrons. The van der Waals surface area contributed by atoms with Crippen LogP contribution in [0.4, 0.5) is 0 Å². The molecule has 1 atom stereocenters. The molecule has 0 bridgehead atoms. The molecule has 0 aliphatic carbocycles. The Balaban J connectivity index is 2.69. The van der Waals surface area contributed by atoms with Gasteiger partial charge >= 0.3 is 0 Å². The molecule has 1 rings (SSSR count). The van der Waals surface area contributed by atoms with Gasteiger partial charge in [-0.15, -0.1) is 0 Å². The average molecular weight is 203 g/mol. The van der Waals surface area contributed by atoms with E-state index in [0.29, 0.717) is 6.04 Å². The van der Waals surface area contributed by atoms with Crippen molar-refractivity contribution >= 4 is 0 Å². The summed E-state index contributed by atoms with van der Waals surface area (Å²) in [6.45, 7) is 13.3. The molecule has 0 aromatic heterocycles. The predicted molar refractivity (Wildman–Crippen MR) is 67.1 cm³/mol. The van der Waals surface area contributed by atoms with Crippen LogP contribution in [0.2, 0.25) is 0 Å². The minimum absolute atomic E-state index is 0.390. The normalized spacial score (nSPS) is 12.5. The fraction of sp³-hybridized carbons (Fsp3) is 0.429. The molecule has 1 heteroatoms. The minimum Gasteiger partial charge on any atom is -0.306 e. The zero-order valence-electron chi connectivity index (χ0n) is 10.2. The van der Waals surface area contributed by atoms with Crippen LogP contribution in [0.25, 0.3) is 0 Å². The van der Waals surface area contributed by atoms with E-state index in [-0.39, 0.29) is 0 Å². The Hall–Kier alpha value is -1.08. The molecular weight excluding hydrogens is 182 g/mol. The maximum Gasteiger partial charge on any atom is 0.0294 e. The van der Waals surface area contributed by atoms with Gasteiger partial charge in [0.05, 0.1) is 0 Å². The van der Waals surface area contributed by atoms with Gasteiger partial charge in [0, 0.05) is 12.6 Å². The Morgan fingerprint density at radius 1 is 1.33 bits per heavy atom. The summed E-state index contributed by atoms with van der Waals surface area (Å²) in [7, 11) is 0. The molecule has 0 aliphatic rings. The van der Waals surface area contributed by atoms with E-state index >= 15 is 0 Å². The quantitative estimate of drug-likeness (QED) is 0.738. The fourth-order valence-corrected chi connectivity index (χ4v) is 1.48. The molecule has 82 valence electrons. The monoisotopic (exact) mass is 203 g/mol. The maximum absolute atomic E-state index is 3.89. The van der Waals surface area contributed by atoms with Crippen molar-refractivity contribution in [3.05, 3.63) is 47.0 Å². The topological polar surface area (TPSA) is 12.0 Å². The molecule has 1 aromatic rings. The molecule has 0 aliphatic heterocycles. The van der Waals surface area contributed by atoms with Crippen LogP contribution in [0.15, 0.2) is 30.4 Å². The van der Waals surface area contributed by atoms with E-state index in [9.17, 15) is 0 Å². The largest absolute Gasteiger partial charge is 0.306 e. The second kappa shape index (κ2) is 5.13. The van der Waals surface area contributed by atoms with Crippen LogP contribution < -0.4 is 5.32 Å². The van der Waals surface area contributed by atoms with Crippen molar-refractivity contribution in [2.75, 3.05) is 6.54 Å². The Morgan fingerprint density at radius 2 is 2.00 bits per heavy atom. The Morgan fingerprint density at radius 3 is 2.53 bits per heavy atom. The highest BCUT2D eigenvalue weighted by atomic mass is 14.9. The van der Waals surface area contributed by atoms with Crippen molar-refractivity contribution in [3.63, 3.8) is 0 Å². The molecule has 0 saturated carbocycles. The van der Waals surface area contributed by atoms with Crippen LogP contribution in [0.1, 0.15) is 36.6 Å². The van der Waals surface area contributed by atoms with Gasteiger partial charge < -0.3 is 5.32 Å². The number of nitrogens with one attached hydrogen (secondary N) is 1. The Kier molecular flexibility index (Phi) is 4.10. The van der Waals surface area contributed by atoms with Gasteiger partial charge in [0.25, 0.3) is 0 Å². The lowest BCUT2D eigenvalue weighted by Gasteiger charge is -2.15. The van der Waals surface area contributed by atoms with Gasteiger partial charge in [0.2, 0.25) is 0 Å². The fourth-order valence-electron chi connectivity index (χ4n) is 1.48. The zero-order chi connectivity index (χ0) is 11.4. The van der Waals surface area contributed by atoms with Crippen molar-refractivity contribution in [2.45, 2.75) is 33.7 Å². The van der Waals surface area contributed by atoms with Crippen molar-refractivity contribution < 1.29 is 0 Å². The second-order valence-corrected chi connectivity index (χ2v) is 4.40. The van der Waals surface area contributed by atoms with Crippen LogP contribution in [0, 0.1) is 13.8 Å². The van der Waals surface area contributed by atoms with Crippen LogP contribution in [0.5, 0.6) is 0 Å². The van der Waals surface area contributed by atoms with Gasteiger partial charge in [-0.1, -0.05) is 30.4 Å².